The van der Waals surface area contributed by atoms with E-state index in [0.717, 1.165) is 70.6 Å². The van der Waals surface area contributed by atoms with Crippen molar-refractivity contribution in [3.8, 4) is 0 Å². The van der Waals surface area contributed by atoms with Gasteiger partial charge in [-0.2, -0.15) is 0 Å². The summed E-state index contributed by atoms with van der Waals surface area (Å²) in [6.45, 7) is 3.19. The summed E-state index contributed by atoms with van der Waals surface area (Å²) in [5.74, 6) is -1.13. The first-order chi connectivity index (χ1) is 32.4. The number of carbonyl (C=O) groups is 2. The molecule has 0 heterocycles. The van der Waals surface area contributed by atoms with Crippen molar-refractivity contribution in [2.75, 3.05) is 13.2 Å². The molecule has 1 aliphatic rings. The molecule has 0 amide bonds. The van der Waals surface area contributed by atoms with Gasteiger partial charge in [-0.3, -0.25) is 18.6 Å². The van der Waals surface area contributed by atoms with Gasteiger partial charge in [0.1, 0.15) is 43.2 Å². The number of unbranched alkanes of at least 4 members (excludes halogenated alkanes) is 21. The molecule has 0 aromatic heterocycles. The van der Waals surface area contributed by atoms with Crippen LogP contribution in [0.4, 0.5) is 0 Å². The summed E-state index contributed by atoms with van der Waals surface area (Å²) in [6.07, 6.45) is 39.8. The quantitative estimate of drug-likeness (QED) is 0.0146. The average Bonchev–Trinajstić information content (AvgIpc) is 3.31. The minimum atomic E-state index is -5.13. The van der Waals surface area contributed by atoms with Gasteiger partial charge in [0.2, 0.25) is 0 Å². The minimum Gasteiger partial charge on any atom is -0.462 e. The molecular formula is C53H93O13P. The number of aliphatic hydroxyl groups is 5. The highest BCUT2D eigenvalue weighted by molar-refractivity contribution is 7.47. The lowest BCUT2D eigenvalue weighted by Gasteiger charge is -2.41. The Balaban J connectivity index is 2.42. The summed E-state index contributed by atoms with van der Waals surface area (Å²) in [7, 11) is -5.13. The molecule has 388 valence electrons. The molecule has 0 radical (unpaired) electrons. The molecule has 1 fully saturated rings. The summed E-state index contributed by atoms with van der Waals surface area (Å²) in [4.78, 5) is 35.8. The highest BCUT2D eigenvalue weighted by atomic mass is 31.2. The predicted octanol–water partition coefficient (Wildman–Crippen LogP) is 11.3. The van der Waals surface area contributed by atoms with Crippen molar-refractivity contribution in [1.82, 2.24) is 0 Å². The Bertz CT molecular complexity index is 1400. The Morgan fingerprint density at radius 1 is 0.478 bits per heavy atom. The molecule has 8 atom stereocenters. The number of phosphoric acid groups is 1. The lowest BCUT2D eigenvalue weighted by Crippen LogP contribution is -2.64. The summed E-state index contributed by atoms with van der Waals surface area (Å²) >= 11 is 0. The standard InChI is InChI=1S/C53H93O13P/c1-3-5-7-9-11-13-15-17-19-21-23-25-27-29-31-33-35-37-39-41-46(54)63-43-45(44-64-67(61,62)66-53-51(59)49(57)48(56)50(58)52(53)60)65-47(55)42-40-38-36-34-32-30-28-26-24-22-20-18-16-14-12-10-8-6-4-2/h6,8,12,14,18,20,24,26,30,32,45,48-53,56-60H,3-5,7,9-11,13,15-17,19,21-23,25,27-29,31,33-44H2,1-2H3,(H,61,62)/b8-6+,14-12+,20-18+,26-24+,32-30+/t45-,48?,49-,50?,51?,52?,53?/m0/s1. The molecule has 1 saturated carbocycles. The number of hydrogen-bond donors (Lipinski definition) is 6. The smallest absolute Gasteiger partial charge is 0.462 e. The molecule has 0 aromatic rings. The molecule has 67 heavy (non-hydrogen) atoms. The van der Waals surface area contributed by atoms with Crippen molar-refractivity contribution in [3.05, 3.63) is 60.8 Å². The van der Waals surface area contributed by atoms with E-state index < -0.39 is 75.7 Å². The van der Waals surface area contributed by atoms with Gasteiger partial charge in [0.15, 0.2) is 6.10 Å². The molecule has 13 nitrogen and oxygen atoms in total. The van der Waals surface area contributed by atoms with E-state index in [-0.39, 0.29) is 12.8 Å². The lowest BCUT2D eigenvalue weighted by atomic mass is 9.85. The van der Waals surface area contributed by atoms with Crippen LogP contribution in [-0.4, -0.2) is 98.3 Å². The third-order valence-corrected chi connectivity index (χ3v) is 12.9. The topological polar surface area (TPSA) is 210 Å². The monoisotopic (exact) mass is 969 g/mol. The van der Waals surface area contributed by atoms with Crippen molar-refractivity contribution in [1.29, 1.82) is 0 Å². The highest BCUT2D eigenvalue weighted by Crippen LogP contribution is 2.47. The molecule has 6 unspecified atom stereocenters. The van der Waals surface area contributed by atoms with Crippen molar-refractivity contribution >= 4 is 19.8 Å². The van der Waals surface area contributed by atoms with E-state index in [1.165, 1.54) is 96.3 Å². The third-order valence-electron chi connectivity index (χ3n) is 11.9. The molecule has 1 rings (SSSR count). The second-order valence-corrected chi connectivity index (χ2v) is 19.4. The molecule has 0 bridgehead atoms. The van der Waals surface area contributed by atoms with Gasteiger partial charge in [-0.05, 0) is 57.8 Å². The van der Waals surface area contributed by atoms with Crippen LogP contribution in [0.2, 0.25) is 0 Å². The second-order valence-electron chi connectivity index (χ2n) is 18.0. The van der Waals surface area contributed by atoms with Crippen LogP contribution in [0.15, 0.2) is 60.8 Å². The van der Waals surface area contributed by atoms with Crippen molar-refractivity contribution < 1.29 is 63.1 Å². The molecule has 0 aliphatic heterocycles. The first-order valence-corrected chi connectivity index (χ1v) is 27.6. The van der Waals surface area contributed by atoms with Crippen LogP contribution >= 0.6 is 7.82 Å². The van der Waals surface area contributed by atoms with Crippen molar-refractivity contribution in [2.45, 2.75) is 249 Å². The molecule has 1 aliphatic carbocycles. The van der Waals surface area contributed by atoms with Crippen LogP contribution in [0.5, 0.6) is 0 Å². The number of hydrogen-bond acceptors (Lipinski definition) is 12. The van der Waals surface area contributed by atoms with Crippen LogP contribution < -0.4 is 0 Å². The van der Waals surface area contributed by atoms with Crippen LogP contribution in [0.1, 0.15) is 206 Å². The van der Waals surface area contributed by atoms with Crippen LogP contribution in [0.25, 0.3) is 0 Å². The summed E-state index contributed by atoms with van der Waals surface area (Å²) in [5.41, 5.74) is 0. The molecule has 6 N–H and O–H groups in total. The van der Waals surface area contributed by atoms with Gasteiger partial charge in [0.05, 0.1) is 6.61 Å². The maximum Gasteiger partial charge on any atom is 0.472 e. The van der Waals surface area contributed by atoms with Crippen LogP contribution in [-0.2, 0) is 32.7 Å². The Labute approximate surface area is 404 Å². The van der Waals surface area contributed by atoms with Gasteiger partial charge in [0, 0.05) is 12.8 Å². The number of aliphatic hydroxyl groups excluding tert-OH is 5. The maximum atomic E-state index is 12.9. The molecule has 0 saturated heterocycles. The maximum absolute atomic E-state index is 12.9. The van der Waals surface area contributed by atoms with Gasteiger partial charge < -0.3 is 39.9 Å². The van der Waals surface area contributed by atoms with Crippen molar-refractivity contribution in [3.63, 3.8) is 0 Å². The molecule has 0 spiro atoms. The third kappa shape index (κ3) is 34.5. The first kappa shape index (κ1) is 62.6. The van der Waals surface area contributed by atoms with E-state index in [4.69, 9.17) is 18.5 Å². The Morgan fingerprint density at radius 2 is 0.851 bits per heavy atom. The number of carbonyl (C=O) groups excluding carboxylic acids is 2. The van der Waals surface area contributed by atoms with Gasteiger partial charge in [-0.25, -0.2) is 4.57 Å². The van der Waals surface area contributed by atoms with E-state index in [9.17, 15) is 44.6 Å². The Morgan fingerprint density at radius 3 is 1.30 bits per heavy atom. The van der Waals surface area contributed by atoms with E-state index in [2.05, 4.69) is 74.6 Å². The number of rotatable bonds is 43. The van der Waals surface area contributed by atoms with Gasteiger partial charge >= 0.3 is 19.8 Å². The minimum absolute atomic E-state index is 0.0569. The van der Waals surface area contributed by atoms with E-state index in [1.807, 2.05) is 0 Å². The van der Waals surface area contributed by atoms with E-state index in [1.54, 1.807) is 0 Å². The van der Waals surface area contributed by atoms with E-state index >= 15 is 0 Å². The summed E-state index contributed by atoms with van der Waals surface area (Å²) < 4.78 is 33.6. The van der Waals surface area contributed by atoms with Crippen LogP contribution in [0.3, 0.4) is 0 Å². The zero-order valence-electron chi connectivity index (χ0n) is 41.4. The van der Waals surface area contributed by atoms with Crippen LogP contribution in [0, 0.1) is 0 Å². The Hall–Kier alpha value is -2.45. The highest BCUT2D eigenvalue weighted by Gasteiger charge is 2.51. The Kier molecular flexibility index (Phi) is 39.6. The number of phosphoric ester groups is 1. The predicted molar refractivity (Wildman–Crippen MR) is 267 cm³/mol. The van der Waals surface area contributed by atoms with Crippen molar-refractivity contribution in [2.24, 2.45) is 0 Å². The number of allylic oxidation sites excluding steroid dienone is 10. The normalized spacial score (nSPS) is 21.6. The number of esters is 2. The average molecular weight is 969 g/mol. The summed E-state index contributed by atoms with van der Waals surface area (Å²) in [6, 6.07) is 0. The fourth-order valence-corrected chi connectivity index (χ4v) is 8.70. The SMILES string of the molecule is CC/C=C/C/C=C/C/C=C/C/C=C/C/C=C/CCCCCC(=O)O[C@@H](COC(=O)CCCCCCCCCCCCCCCCCCCCC)COP(=O)(O)OC1C(O)C(O)C(O)[C@H](O)C1O. The zero-order valence-corrected chi connectivity index (χ0v) is 42.3. The van der Waals surface area contributed by atoms with Gasteiger partial charge in [0.25, 0.3) is 0 Å². The van der Waals surface area contributed by atoms with E-state index in [0.29, 0.717) is 12.8 Å². The first-order valence-electron chi connectivity index (χ1n) is 26.1. The zero-order chi connectivity index (χ0) is 49.2. The lowest BCUT2D eigenvalue weighted by molar-refractivity contribution is -0.220. The second kappa shape index (κ2) is 42.4. The van der Waals surface area contributed by atoms with Gasteiger partial charge in [-0.1, -0.05) is 197 Å². The van der Waals surface area contributed by atoms with Gasteiger partial charge in [-0.15, -0.1) is 0 Å². The molecular weight excluding hydrogens is 876 g/mol. The fraction of sp³-hybridized carbons (Fsp3) is 0.774. The molecule has 0 aromatic carbocycles. The summed E-state index contributed by atoms with van der Waals surface area (Å²) in [5, 5.41) is 50.3. The fourth-order valence-electron chi connectivity index (χ4n) is 7.73. The largest absolute Gasteiger partial charge is 0.472 e. The molecule has 14 heteroatoms. The number of ether oxygens (including phenoxy) is 2.